The molecule has 1 saturated carbocycles. The molecule has 202 valence electrons. The van der Waals surface area contributed by atoms with E-state index in [0.717, 1.165) is 53.8 Å². The molecular weight excluding hydrogens is 514 g/mol. The Hall–Kier alpha value is -2.78. The molecule has 2 aromatic carbocycles. The van der Waals surface area contributed by atoms with Gasteiger partial charge in [0.05, 0.1) is 19.1 Å². The second-order valence-corrected chi connectivity index (χ2v) is 12.0. The fourth-order valence-corrected chi connectivity index (χ4v) is 5.62. The van der Waals surface area contributed by atoms with E-state index in [4.69, 9.17) is 16.3 Å². The number of carbonyl (C=O) groups excluding carboxylic acids is 2. The van der Waals surface area contributed by atoms with Gasteiger partial charge in [0, 0.05) is 17.6 Å². The van der Waals surface area contributed by atoms with Gasteiger partial charge in [-0.05, 0) is 50.5 Å². The first-order chi connectivity index (χ1) is 17.5. The van der Waals surface area contributed by atoms with Gasteiger partial charge in [-0.3, -0.25) is 13.9 Å². The molecule has 2 aromatic rings. The summed E-state index contributed by atoms with van der Waals surface area (Å²) in [5, 5.41) is 3.39. The first-order valence-corrected chi connectivity index (χ1v) is 14.7. The molecule has 1 unspecified atom stereocenters. The Morgan fingerprint density at radius 2 is 1.84 bits per heavy atom. The van der Waals surface area contributed by atoms with Crippen LogP contribution in [0.15, 0.2) is 42.5 Å². The average Bonchev–Trinajstić information content (AvgIpc) is 2.85. The van der Waals surface area contributed by atoms with Crippen LogP contribution < -0.4 is 14.4 Å². The van der Waals surface area contributed by atoms with Gasteiger partial charge >= 0.3 is 0 Å². The van der Waals surface area contributed by atoms with E-state index in [1.165, 1.54) is 18.1 Å². The Bertz CT molecular complexity index is 1210. The SMILES string of the molecule is COc1ccc(Cl)cc1N(CC(=O)N(Cc1cccc(C)c1)C(C)C(=O)NC1CCCCC1)S(C)(=O)=O. The number of benzene rings is 2. The number of rotatable bonds is 10. The van der Waals surface area contributed by atoms with Crippen LogP contribution >= 0.6 is 11.6 Å². The minimum absolute atomic E-state index is 0.0860. The maximum absolute atomic E-state index is 13.8. The van der Waals surface area contributed by atoms with Crippen molar-refractivity contribution in [1.29, 1.82) is 0 Å². The second kappa shape index (κ2) is 12.6. The molecule has 1 fully saturated rings. The fraction of sp³-hybridized carbons (Fsp3) is 0.481. The monoisotopic (exact) mass is 549 g/mol. The number of carbonyl (C=O) groups is 2. The van der Waals surface area contributed by atoms with Gasteiger partial charge in [-0.2, -0.15) is 0 Å². The van der Waals surface area contributed by atoms with Crippen LogP contribution in [-0.4, -0.2) is 57.1 Å². The van der Waals surface area contributed by atoms with Crippen LogP contribution in [0.5, 0.6) is 5.75 Å². The number of hydrogen-bond donors (Lipinski definition) is 1. The molecule has 0 spiro atoms. The Kier molecular flexibility index (Phi) is 9.84. The number of nitrogens with one attached hydrogen (secondary N) is 1. The van der Waals surface area contributed by atoms with E-state index >= 15 is 0 Å². The van der Waals surface area contributed by atoms with Crippen LogP contribution in [-0.2, 0) is 26.2 Å². The average molecular weight is 550 g/mol. The molecule has 0 bridgehead atoms. The van der Waals surface area contributed by atoms with Crippen molar-refractivity contribution in [2.45, 2.75) is 64.6 Å². The second-order valence-electron chi connectivity index (χ2n) is 9.62. The molecule has 1 atom stereocenters. The molecule has 8 nitrogen and oxygen atoms in total. The highest BCUT2D eigenvalue weighted by atomic mass is 35.5. The smallest absolute Gasteiger partial charge is 0.244 e. The highest BCUT2D eigenvalue weighted by Crippen LogP contribution is 2.33. The predicted octanol–water partition coefficient (Wildman–Crippen LogP) is 4.29. The minimum atomic E-state index is -3.90. The summed E-state index contributed by atoms with van der Waals surface area (Å²) in [6.07, 6.45) is 6.15. The minimum Gasteiger partial charge on any atom is -0.495 e. The van der Waals surface area contributed by atoms with E-state index in [9.17, 15) is 18.0 Å². The number of aryl methyl sites for hydroxylation is 1. The highest BCUT2D eigenvalue weighted by molar-refractivity contribution is 7.92. The molecule has 1 aliphatic rings. The molecule has 2 amide bonds. The zero-order chi connectivity index (χ0) is 27.2. The Morgan fingerprint density at radius 3 is 2.46 bits per heavy atom. The van der Waals surface area contributed by atoms with Gasteiger partial charge in [0.15, 0.2) is 0 Å². The van der Waals surface area contributed by atoms with Crippen LogP contribution in [0.25, 0.3) is 0 Å². The fourth-order valence-electron chi connectivity index (χ4n) is 4.61. The van der Waals surface area contributed by atoms with Crippen molar-refractivity contribution < 1.29 is 22.7 Å². The molecule has 0 aromatic heterocycles. The standard InChI is InChI=1S/C27H36ClN3O5S/c1-19-9-8-10-21(15-19)17-30(20(2)27(33)29-23-11-6-5-7-12-23)26(32)18-31(37(4,34)35)24-16-22(28)13-14-25(24)36-3/h8-10,13-16,20,23H,5-7,11-12,17-18H2,1-4H3,(H,29,33). The quantitative estimate of drug-likeness (QED) is 0.477. The van der Waals surface area contributed by atoms with Gasteiger partial charge in [-0.15, -0.1) is 0 Å². The number of halogens is 1. The van der Waals surface area contributed by atoms with Gasteiger partial charge in [0.2, 0.25) is 21.8 Å². The van der Waals surface area contributed by atoms with Crippen LogP contribution in [0.2, 0.25) is 5.02 Å². The Morgan fingerprint density at radius 1 is 1.14 bits per heavy atom. The lowest BCUT2D eigenvalue weighted by Gasteiger charge is -2.33. The highest BCUT2D eigenvalue weighted by Gasteiger charge is 2.32. The van der Waals surface area contributed by atoms with E-state index in [1.807, 2.05) is 31.2 Å². The van der Waals surface area contributed by atoms with E-state index in [0.29, 0.717) is 5.02 Å². The summed E-state index contributed by atoms with van der Waals surface area (Å²) in [5.74, 6) is -0.504. The Balaban J connectivity index is 1.92. The summed E-state index contributed by atoms with van der Waals surface area (Å²) in [5.41, 5.74) is 2.02. The van der Waals surface area contributed by atoms with Gasteiger partial charge in [0.25, 0.3) is 0 Å². The maximum Gasteiger partial charge on any atom is 0.244 e. The molecule has 10 heteroatoms. The van der Waals surface area contributed by atoms with E-state index in [1.54, 1.807) is 19.1 Å². The van der Waals surface area contributed by atoms with Crippen molar-refractivity contribution >= 4 is 39.1 Å². The maximum atomic E-state index is 13.8. The summed E-state index contributed by atoms with van der Waals surface area (Å²) in [4.78, 5) is 28.4. The molecule has 1 N–H and O–H groups in total. The van der Waals surface area contributed by atoms with Crippen molar-refractivity contribution in [3.05, 3.63) is 58.6 Å². The molecular formula is C27H36ClN3O5S. The molecule has 1 aliphatic carbocycles. The molecule has 37 heavy (non-hydrogen) atoms. The lowest BCUT2D eigenvalue weighted by atomic mass is 9.95. The first-order valence-electron chi connectivity index (χ1n) is 12.5. The summed E-state index contributed by atoms with van der Waals surface area (Å²) >= 11 is 6.15. The lowest BCUT2D eigenvalue weighted by Crippen LogP contribution is -2.53. The number of ether oxygens (including phenoxy) is 1. The van der Waals surface area contributed by atoms with Crippen molar-refractivity contribution in [2.24, 2.45) is 0 Å². The topological polar surface area (TPSA) is 96.0 Å². The molecule has 3 rings (SSSR count). The zero-order valence-electron chi connectivity index (χ0n) is 21.9. The number of anilines is 1. The molecule has 0 saturated heterocycles. The van der Waals surface area contributed by atoms with Gasteiger partial charge in [-0.1, -0.05) is 60.7 Å². The summed E-state index contributed by atoms with van der Waals surface area (Å²) < 4.78 is 31.9. The van der Waals surface area contributed by atoms with Crippen LogP contribution in [0.3, 0.4) is 0 Å². The van der Waals surface area contributed by atoms with Crippen molar-refractivity contribution in [3.8, 4) is 5.75 Å². The first kappa shape index (κ1) is 28.8. The zero-order valence-corrected chi connectivity index (χ0v) is 23.4. The number of methoxy groups -OCH3 is 1. The van der Waals surface area contributed by atoms with Crippen LogP contribution in [0, 0.1) is 6.92 Å². The third-order valence-corrected chi connectivity index (χ3v) is 8.00. The molecule has 0 aliphatic heterocycles. The van der Waals surface area contributed by atoms with Gasteiger partial charge < -0.3 is 15.0 Å². The van der Waals surface area contributed by atoms with Gasteiger partial charge in [-0.25, -0.2) is 8.42 Å². The third-order valence-electron chi connectivity index (χ3n) is 6.64. The van der Waals surface area contributed by atoms with Crippen molar-refractivity contribution in [1.82, 2.24) is 10.2 Å². The van der Waals surface area contributed by atoms with E-state index < -0.39 is 28.5 Å². The number of hydrogen-bond acceptors (Lipinski definition) is 5. The van der Waals surface area contributed by atoms with E-state index in [2.05, 4.69) is 5.32 Å². The third kappa shape index (κ3) is 7.85. The number of amides is 2. The number of sulfonamides is 1. The lowest BCUT2D eigenvalue weighted by molar-refractivity contribution is -0.139. The van der Waals surface area contributed by atoms with Crippen molar-refractivity contribution in [3.63, 3.8) is 0 Å². The summed E-state index contributed by atoms with van der Waals surface area (Å²) in [6, 6.07) is 11.5. The van der Waals surface area contributed by atoms with E-state index in [-0.39, 0.29) is 29.9 Å². The number of nitrogens with zero attached hydrogens (tertiary/aromatic N) is 2. The van der Waals surface area contributed by atoms with Gasteiger partial charge in [0.1, 0.15) is 18.3 Å². The predicted molar refractivity (Wildman–Crippen MR) is 146 cm³/mol. The summed E-state index contributed by atoms with van der Waals surface area (Å²) in [6.45, 7) is 3.27. The van der Waals surface area contributed by atoms with Crippen LogP contribution in [0.1, 0.15) is 50.2 Å². The molecule has 0 radical (unpaired) electrons. The van der Waals surface area contributed by atoms with Crippen LogP contribution in [0.4, 0.5) is 5.69 Å². The Labute approximate surface area is 225 Å². The normalized spacial score (nSPS) is 15.1. The summed E-state index contributed by atoms with van der Waals surface area (Å²) in [7, 11) is -2.48. The van der Waals surface area contributed by atoms with Crippen molar-refractivity contribution in [2.75, 3.05) is 24.2 Å². The largest absolute Gasteiger partial charge is 0.495 e. The molecule has 0 heterocycles.